The van der Waals surface area contributed by atoms with Crippen LogP contribution in [0.2, 0.25) is 0 Å². The van der Waals surface area contributed by atoms with Gasteiger partial charge in [-0.15, -0.1) is 5.10 Å². The van der Waals surface area contributed by atoms with E-state index >= 15 is 0 Å². The predicted octanol–water partition coefficient (Wildman–Crippen LogP) is 3.06. The zero-order valence-electron chi connectivity index (χ0n) is 11.7. The van der Waals surface area contributed by atoms with E-state index in [9.17, 15) is 13.6 Å². The second kappa shape index (κ2) is 6.35. The van der Waals surface area contributed by atoms with Gasteiger partial charge in [0.2, 0.25) is 0 Å². The van der Waals surface area contributed by atoms with Crippen molar-refractivity contribution in [2.75, 3.05) is 5.32 Å². The number of para-hydroxylation sites is 1. The molecule has 3 rings (SSSR count). The van der Waals surface area contributed by atoms with Crippen LogP contribution >= 0.6 is 0 Å². The molecule has 116 valence electrons. The molecule has 2 aromatic rings. The summed E-state index contributed by atoms with van der Waals surface area (Å²) in [4.78, 5) is 11.8. The van der Waals surface area contributed by atoms with Crippen LogP contribution in [-0.2, 0) is 4.79 Å². The highest BCUT2D eigenvalue weighted by atomic mass is 19.3. The largest absolute Gasteiger partial charge is 0.435 e. The molecular weight excluding hydrogens is 304 g/mol. The molecule has 0 aromatic heterocycles. The molecule has 0 radical (unpaired) electrons. The van der Waals surface area contributed by atoms with Gasteiger partial charge in [-0.2, -0.15) is 13.9 Å². The highest BCUT2D eigenvalue weighted by Crippen LogP contribution is 2.22. The molecule has 7 heteroatoms. The average molecular weight is 315 g/mol. The maximum absolute atomic E-state index is 12.1. The van der Waals surface area contributed by atoms with Gasteiger partial charge in [0.05, 0.1) is 11.9 Å². The number of alkyl halides is 2. The van der Waals surface area contributed by atoms with Gasteiger partial charge in [0.25, 0.3) is 5.91 Å². The minimum Gasteiger partial charge on any atom is -0.435 e. The molecule has 0 bridgehead atoms. The molecule has 0 aliphatic carbocycles. The standard InChI is InChI=1S/C16H11F2N3O2/c17-16(18)23-11-7-5-10(6-8-11)9-19-21-14-12-3-1-2-4-13(12)20-15(14)22/h1-9,16H,(H,20,21,22)/b19-9+. The smallest absolute Gasteiger partial charge is 0.387 e. The molecule has 2 aromatic carbocycles. The fourth-order valence-electron chi connectivity index (χ4n) is 2.09. The van der Waals surface area contributed by atoms with Crippen molar-refractivity contribution in [2.24, 2.45) is 10.2 Å². The zero-order valence-corrected chi connectivity index (χ0v) is 11.7. The fourth-order valence-corrected chi connectivity index (χ4v) is 2.09. The Bertz CT molecular complexity index is 786. The molecular formula is C16H11F2N3O2. The van der Waals surface area contributed by atoms with E-state index in [1.807, 2.05) is 6.07 Å². The number of hydrogen-bond acceptors (Lipinski definition) is 4. The van der Waals surface area contributed by atoms with E-state index in [2.05, 4.69) is 20.3 Å². The maximum atomic E-state index is 12.1. The van der Waals surface area contributed by atoms with Crippen molar-refractivity contribution < 1.29 is 18.3 Å². The Hall–Kier alpha value is -3.09. The predicted molar refractivity (Wildman–Crippen MR) is 82.3 cm³/mol. The number of hydrogen-bond donors (Lipinski definition) is 1. The number of amides is 1. The third-order valence-electron chi connectivity index (χ3n) is 3.12. The first-order valence-electron chi connectivity index (χ1n) is 6.70. The van der Waals surface area contributed by atoms with Crippen LogP contribution in [0.5, 0.6) is 5.75 Å². The van der Waals surface area contributed by atoms with Gasteiger partial charge in [0, 0.05) is 5.56 Å². The summed E-state index contributed by atoms with van der Waals surface area (Å²) in [5.41, 5.74) is 2.26. The minimum atomic E-state index is -2.86. The normalized spacial score (nSPS) is 15.3. The number of rotatable bonds is 4. The number of nitrogens with zero attached hydrogens (tertiary/aromatic N) is 2. The molecule has 1 N–H and O–H groups in total. The van der Waals surface area contributed by atoms with Gasteiger partial charge in [-0.3, -0.25) is 4.79 Å². The molecule has 1 aliphatic heterocycles. The molecule has 1 aliphatic rings. The molecule has 0 saturated carbocycles. The number of anilines is 1. The van der Waals surface area contributed by atoms with Crippen molar-refractivity contribution in [1.29, 1.82) is 0 Å². The molecule has 0 spiro atoms. The first kappa shape index (κ1) is 14.8. The summed E-state index contributed by atoms with van der Waals surface area (Å²) in [5.74, 6) is -0.253. The van der Waals surface area contributed by atoms with E-state index in [4.69, 9.17) is 0 Å². The second-order valence-corrected chi connectivity index (χ2v) is 4.64. The minimum absolute atomic E-state index is 0.0626. The van der Waals surface area contributed by atoms with E-state index in [1.54, 1.807) is 30.3 Å². The quantitative estimate of drug-likeness (QED) is 0.696. The lowest BCUT2D eigenvalue weighted by atomic mass is 10.1. The van der Waals surface area contributed by atoms with Gasteiger partial charge in [0.1, 0.15) is 5.75 Å². The molecule has 1 amide bonds. The van der Waals surface area contributed by atoms with Crippen molar-refractivity contribution in [3.63, 3.8) is 0 Å². The molecule has 0 unspecified atom stereocenters. The Labute approximate surface area is 130 Å². The van der Waals surface area contributed by atoms with E-state index in [0.717, 1.165) is 0 Å². The van der Waals surface area contributed by atoms with Crippen LogP contribution in [0.25, 0.3) is 0 Å². The summed E-state index contributed by atoms with van der Waals surface area (Å²) in [6.07, 6.45) is 1.42. The summed E-state index contributed by atoms with van der Waals surface area (Å²) in [6.45, 7) is -2.86. The summed E-state index contributed by atoms with van der Waals surface area (Å²) in [7, 11) is 0. The number of fused-ring (bicyclic) bond motifs is 1. The average Bonchev–Trinajstić information content (AvgIpc) is 2.84. The molecule has 0 fully saturated rings. The van der Waals surface area contributed by atoms with Gasteiger partial charge >= 0.3 is 6.61 Å². The SMILES string of the molecule is O=C1Nc2ccccc2/C1=N\N=C\c1ccc(OC(F)F)cc1. The summed E-state index contributed by atoms with van der Waals surface area (Å²) in [6, 6.07) is 13.1. The highest BCUT2D eigenvalue weighted by Gasteiger charge is 2.25. The highest BCUT2D eigenvalue weighted by molar-refractivity contribution is 6.53. The number of carbonyl (C=O) groups excluding carboxylic acids is 1. The van der Waals surface area contributed by atoms with E-state index in [-0.39, 0.29) is 17.4 Å². The van der Waals surface area contributed by atoms with E-state index in [0.29, 0.717) is 16.8 Å². The van der Waals surface area contributed by atoms with Crippen molar-refractivity contribution in [3.05, 3.63) is 59.7 Å². The molecule has 5 nitrogen and oxygen atoms in total. The Morgan fingerprint density at radius 3 is 2.57 bits per heavy atom. The Balaban J connectivity index is 1.75. The van der Waals surface area contributed by atoms with E-state index in [1.165, 1.54) is 18.3 Å². The van der Waals surface area contributed by atoms with Gasteiger partial charge in [-0.25, -0.2) is 0 Å². The molecule has 0 atom stereocenters. The third kappa shape index (κ3) is 3.39. The van der Waals surface area contributed by atoms with Gasteiger partial charge in [0.15, 0.2) is 5.71 Å². The third-order valence-corrected chi connectivity index (χ3v) is 3.12. The van der Waals surface area contributed by atoms with Crippen molar-refractivity contribution in [1.82, 2.24) is 0 Å². The first-order chi connectivity index (χ1) is 11.1. The first-order valence-corrected chi connectivity index (χ1v) is 6.70. The van der Waals surface area contributed by atoms with Crippen molar-refractivity contribution in [2.45, 2.75) is 6.61 Å². The fraction of sp³-hybridized carbons (Fsp3) is 0.0625. The van der Waals surface area contributed by atoms with Crippen LogP contribution in [0.3, 0.4) is 0 Å². The number of carbonyl (C=O) groups is 1. The lowest BCUT2D eigenvalue weighted by Gasteiger charge is -2.03. The number of halogens is 2. The van der Waals surface area contributed by atoms with Gasteiger partial charge < -0.3 is 10.1 Å². The summed E-state index contributed by atoms with van der Waals surface area (Å²) >= 11 is 0. The summed E-state index contributed by atoms with van der Waals surface area (Å²) < 4.78 is 28.4. The van der Waals surface area contributed by atoms with E-state index < -0.39 is 6.61 Å². The topological polar surface area (TPSA) is 63.0 Å². The monoisotopic (exact) mass is 315 g/mol. The molecule has 23 heavy (non-hydrogen) atoms. The van der Waals surface area contributed by atoms with Crippen LogP contribution in [0.15, 0.2) is 58.7 Å². The van der Waals surface area contributed by atoms with Crippen LogP contribution in [-0.4, -0.2) is 24.4 Å². The lowest BCUT2D eigenvalue weighted by molar-refractivity contribution is -0.110. The lowest BCUT2D eigenvalue weighted by Crippen LogP contribution is -2.13. The van der Waals surface area contributed by atoms with Crippen molar-refractivity contribution >= 4 is 23.5 Å². The number of benzene rings is 2. The van der Waals surface area contributed by atoms with Crippen LogP contribution in [0.1, 0.15) is 11.1 Å². The Kier molecular flexibility index (Phi) is 4.09. The van der Waals surface area contributed by atoms with Gasteiger partial charge in [-0.05, 0) is 35.9 Å². The van der Waals surface area contributed by atoms with Gasteiger partial charge in [-0.1, -0.05) is 18.2 Å². The Morgan fingerprint density at radius 1 is 1.09 bits per heavy atom. The van der Waals surface area contributed by atoms with Crippen molar-refractivity contribution in [3.8, 4) is 5.75 Å². The Morgan fingerprint density at radius 2 is 1.83 bits per heavy atom. The number of nitrogens with one attached hydrogen (secondary N) is 1. The maximum Gasteiger partial charge on any atom is 0.387 e. The molecule has 1 heterocycles. The van der Waals surface area contributed by atoms with Crippen LogP contribution in [0.4, 0.5) is 14.5 Å². The van der Waals surface area contributed by atoms with Crippen LogP contribution in [0, 0.1) is 0 Å². The van der Waals surface area contributed by atoms with Crippen LogP contribution < -0.4 is 10.1 Å². The zero-order chi connectivity index (χ0) is 16.2. The molecule has 0 saturated heterocycles. The number of ether oxygens (including phenoxy) is 1. The summed E-state index contributed by atoms with van der Waals surface area (Å²) in [5, 5.41) is 10.5. The second-order valence-electron chi connectivity index (χ2n) is 4.64.